The molecular formula is C12H14F2N2OS. The molecule has 1 aromatic rings. The molecule has 0 fully saturated rings. The smallest absolute Gasteiger partial charge is 0.234 e. The van der Waals surface area contributed by atoms with Crippen LogP contribution in [-0.2, 0) is 4.79 Å². The first-order valence-corrected chi connectivity index (χ1v) is 5.83. The molecule has 0 aliphatic carbocycles. The molecular weight excluding hydrogens is 258 g/mol. The lowest BCUT2D eigenvalue weighted by molar-refractivity contribution is -0.118. The minimum absolute atomic E-state index is 0.0305. The van der Waals surface area contributed by atoms with Gasteiger partial charge in [0, 0.05) is 6.07 Å². The van der Waals surface area contributed by atoms with Crippen LogP contribution in [0.15, 0.2) is 12.1 Å². The summed E-state index contributed by atoms with van der Waals surface area (Å²) >= 11 is 4.74. The Morgan fingerprint density at radius 2 is 2.06 bits per heavy atom. The number of rotatable bonds is 4. The molecule has 0 radical (unpaired) electrons. The van der Waals surface area contributed by atoms with Gasteiger partial charge in [0.1, 0.15) is 11.6 Å². The van der Waals surface area contributed by atoms with Crippen molar-refractivity contribution in [1.82, 2.24) is 0 Å². The summed E-state index contributed by atoms with van der Waals surface area (Å²) < 4.78 is 26.8. The van der Waals surface area contributed by atoms with Crippen molar-refractivity contribution in [3.05, 3.63) is 29.3 Å². The summed E-state index contributed by atoms with van der Waals surface area (Å²) in [6.45, 7) is 3.17. The van der Waals surface area contributed by atoms with Gasteiger partial charge in [-0.3, -0.25) is 4.79 Å². The second-order valence-electron chi connectivity index (χ2n) is 3.93. The Labute approximate surface area is 109 Å². The maximum Gasteiger partial charge on any atom is 0.234 e. The third-order valence-corrected chi connectivity index (χ3v) is 2.86. The highest BCUT2D eigenvalue weighted by Gasteiger charge is 2.20. The molecule has 0 saturated heterocycles. The summed E-state index contributed by atoms with van der Waals surface area (Å²) in [5.74, 6) is -2.51. The zero-order valence-corrected chi connectivity index (χ0v) is 10.9. The molecule has 0 heterocycles. The van der Waals surface area contributed by atoms with Gasteiger partial charge in [0.2, 0.25) is 5.91 Å². The molecule has 0 saturated carbocycles. The topological polar surface area (TPSA) is 55.1 Å². The van der Waals surface area contributed by atoms with Crippen LogP contribution < -0.4 is 11.1 Å². The van der Waals surface area contributed by atoms with E-state index in [1.807, 2.05) is 0 Å². The molecule has 3 nitrogen and oxygen atoms in total. The average molecular weight is 272 g/mol. The number of hydrogen-bond donors (Lipinski definition) is 2. The number of thiocarbonyl (C=S) groups is 1. The lowest BCUT2D eigenvalue weighted by Crippen LogP contribution is -2.33. The first-order valence-electron chi connectivity index (χ1n) is 5.42. The number of aryl methyl sites for hydroxylation is 1. The van der Waals surface area contributed by atoms with Gasteiger partial charge in [-0.1, -0.05) is 19.1 Å². The van der Waals surface area contributed by atoms with E-state index >= 15 is 0 Å². The van der Waals surface area contributed by atoms with Gasteiger partial charge in [0.15, 0.2) is 0 Å². The van der Waals surface area contributed by atoms with E-state index in [4.69, 9.17) is 18.0 Å². The predicted molar refractivity (Wildman–Crippen MR) is 70.3 cm³/mol. The van der Waals surface area contributed by atoms with Crippen molar-refractivity contribution in [3.8, 4) is 0 Å². The highest BCUT2D eigenvalue weighted by Crippen LogP contribution is 2.20. The molecule has 1 rings (SSSR count). The number of nitrogens with one attached hydrogen (secondary N) is 1. The van der Waals surface area contributed by atoms with Gasteiger partial charge in [0.25, 0.3) is 0 Å². The fourth-order valence-electron chi connectivity index (χ4n) is 1.48. The Bertz CT molecular complexity index is 491. The van der Waals surface area contributed by atoms with E-state index in [1.54, 1.807) is 6.92 Å². The van der Waals surface area contributed by atoms with Gasteiger partial charge in [-0.2, -0.15) is 0 Å². The van der Waals surface area contributed by atoms with E-state index in [9.17, 15) is 13.6 Å². The standard InChI is InChI=1S/C12H14F2N2OS/c1-3-7(11(15)18)12(17)16-10-5-8(13)6(2)4-9(10)14/h4-5,7H,3H2,1-2H3,(H2,15,18)(H,16,17). The zero-order chi connectivity index (χ0) is 13.9. The van der Waals surface area contributed by atoms with Crippen LogP contribution >= 0.6 is 12.2 Å². The van der Waals surface area contributed by atoms with Crippen molar-refractivity contribution in [2.24, 2.45) is 11.7 Å². The van der Waals surface area contributed by atoms with Crippen LogP contribution in [0.25, 0.3) is 0 Å². The molecule has 1 atom stereocenters. The highest BCUT2D eigenvalue weighted by molar-refractivity contribution is 7.80. The number of carbonyl (C=O) groups excluding carboxylic acids is 1. The third-order valence-electron chi connectivity index (χ3n) is 2.57. The zero-order valence-electron chi connectivity index (χ0n) is 10.1. The van der Waals surface area contributed by atoms with Gasteiger partial charge >= 0.3 is 0 Å². The summed E-state index contributed by atoms with van der Waals surface area (Å²) in [5.41, 5.74) is 5.36. The summed E-state index contributed by atoms with van der Waals surface area (Å²) in [6, 6.07) is 1.96. The van der Waals surface area contributed by atoms with Crippen LogP contribution in [-0.4, -0.2) is 10.9 Å². The first-order chi connectivity index (χ1) is 8.36. The fourth-order valence-corrected chi connectivity index (χ4v) is 1.75. The summed E-state index contributed by atoms with van der Waals surface area (Å²) in [5, 5.41) is 2.29. The minimum Gasteiger partial charge on any atom is -0.393 e. The van der Waals surface area contributed by atoms with Crippen molar-refractivity contribution >= 4 is 28.8 Å². The number of amides is 1. The van der Waals surface area contributed by atoms with Crippen LogP contribution in [0.2, 0.25) is 0 Å². The Morgan fingerprint density at radius 1 is 1.44 bits per heavy atom. The Balaban J connectivity index is 2.94. The highest BCUT2D eigenvalue weighted by atomic mass is 32.1. The Kier molecular flexibility index (Phi) is 4.72. The second kappa shape index (κ2) is 5.86. The van der Waals surface area contributed by atoms with Gasteiger partial charge in [0.05, 0.1) is 16.6 Å². The normalized spacial score (nSPS) is 12.0. The number of anilines is 1. The van der Waals surface area contributed by atoms with Crippen molar-refractivity contribution in [3.63, 3.8) is 0 Å². The molecule has 0 aliphatic rings. The van der Waals surface area contributed by atoms with Gasteiger partial charge in [-0.25, -0.2) is 8.78 Å². The molecule has 0 spiro atoms. The van der Waals surface area contributed by atoms with Crippen molar-refractivity contribution in [2.75, 3.05) is 5.32 Å². The molecule has 1 amide bonds. The molecule has 3 N–H and O–H groups in total. The van der Waals surface area contributed by atoms with E-state index < -0.39 is 23.5 Å². The molecule has 0 aliphatic heterocycles. The number of halogens is 2. The molecule has 6 heteroatoms. The second-order valence-corrected chi connectivity index (χ2v) is 4.41. The first kappa shape index (κ1) is 14.5. The lowest BCUT2D eigenvalue weighted by atomic mass is 10.1. The van der Waals surface area contributed by atoms with E-state index in [0.717, 1.165) is 12.1 Å². The van der Waals surface area contributed by atoms with Gasteiger partial charge in [-0.15, -0.1) is 0 Å². The van der Waals surface area contributed by atoms with E-state index in [2.05, 4.69) is 5.32 Å². The van der Waals surface area contributed by atoms with Crippen LogP contribution in [0.3, 0.4) is 0 Å². The van der Waals surface area contributed by atoms with Crippen LogP contribution in [0.5, 0.6) is 0 Å². The predicted octanol–water partition coefficient (Wildman–Crippen LogP) is 2.52. The van der Waals surface area contributed by atoms with E-state index in [1.165, 1.54) is 6.92 Å². The fraction of sp³-hybridized carbons (Fsp3) is 0.333. The number of hydrogen-bond acceptors (Lipinski definition) is 2. The van der Waals surface area contributed by atoms with Crippen molar-refractivity contribution in [2.45, 2.75) is 20.3 Å². The SMILES string of the molecule is CCC(C(=O)Nc1cc(F)c(C)cc1F)C(N)=S. The largest absolute Gasteiger partial charge is 0.393 e. The van der Waals surface area contributed by atoms with E-state index in [0.29, 0.717) is 6.42 Å². The maximum atomic E-state index is 13.5. The maximum absolute atomic E-state index is 13.5. The molecule has 18 heavy (non-hydrogen) atoms. The van der Waals surface area contributed by atoms with Crippen LogP contribution in [0.4, 0.5) is 14.5 Å². The monoisotopic (exact) mass is 272 g/mol. The molecule has 0 aromatic heterocycles. The summed E-state index contributed by atoms with van der Waals surface area (Å²) in [6.07, 6.45) is 0.400. The Morgan fingerprint density at radius 3 is 2.56 bits per heavy atom. The van der Waals surface area contributed by atoms with Gasteiger partial charge in [-0.05, 0) is 25.0 Å². The quantitative estimate of drug-likeness (QED) is 0.828. The van der Waals surface area contributed by atoms with Crippen LogP contribution in [0.1, 0.15) is 18.9 Å². The Hall–Kier alpha value is -1.56. The van der Waals surface area contributed by atoms with E-state index in [-0.39, 0.29) is 16.2 Å². The molecule has 1 aromatic carbocycles. The number of nitrogens with two attached hydrogens (primary N) is 1. The van der Waals surface area contributed by atoms with Crippen molar-refractivity contribution in [1.29, 1.82) is 0 Å². The lowest BCUT2D eigenvalue weighted by Gasteiger charge is -2.14. The minimum atomic E-state index is -0.694. The molecule has 0 bridgehead atoms. The summed E-state index contributed by atoms with van der Waals surface area (Å²) in [7, 11) is 0. The number of carbonyl (C=O) groups is 1. The van der Waals surface area contributed by atoms with Crippen LogP contribution in [0, 0.1) is 24.5 Å². The average Bonchev–Trinajstić information content (AvgIpc) is 2.26. The number of benzene rings is 1. The summed E-state index contributed by atoms with van der Waals surface area (Å²) in [4.78, 5) is 11.8. The molecule has 98 valence electrons. The van der Waals surface area contributed by atoms with Crippen molar-refractivity contribution < 1.29 is 13.6 Å². The molecule has 1 unspecified atom stereocenters. The van der Waals surface area contributed by atoms with Gasteiger partial charge < -0.3 is 11.1 Å². The third kappa shape index (κ3) is 3.22.